The third-order valence-electron chi connectivity index (χ3n) is 4.07. The topological polar surface area (TPSA) is 110 Å². The average Bonchev–Trinajstić information content (AvgIpc) is 3.02. The fourth-order valence-corrected chi connectivity index (χ4v) is 3.69. The van der Waals surface area contributed by atoms with E-state index in [9.17, 15) is 12.8 Å². The monoisotopic (exact) mass is 365 g/mol. The van der Waals surface area contributed by atoms with Crippen LogP contribution in [0.1, 0.15) is 38.8 Å². The van der Waals surface area contributed by atoms with Crippen LogP contribution >= 0.6 is 0 Å². The number of oxazole rings is 1. The number of halogens is 1. The van der Waals surface area contributed by atoms with Gasteiger partial charge in [-0.3, -0.25) is 0 Å². The van der Waals surface area contributed by atoms with Gasteiger partial charge in [0.25, 0.3) is 0 Å². The Kier molecular flexibility index (Phi) is 5.60. The second kappa shape index (κ2) is 7.33. The molecule has 0 amide bonds. The van der Waals surface area contributed by atoms with Crippen molar-refractivity contribution in [2.75, 3.05) is 0 Å². The summed E-state index contributed by atoms with van der Waals surface area (Å²) in [4.78, 5) is 4.41. The lowest BCUT2D eigenvalue weighted by Gasteiger charge is -2.26. The maximum absolute atomic E-state index is 13.0. The van der Waals surface area contributed by atoms with E-state index in [1.807, 2.05) is 19.9 Å². The van der Waals surface area contributed by atoms with E-state index in [0.717, 1.165) is 0 Å². The van der Waals surface area contributed by atoms with Gasteiger partial charge in [0.15, 0.2) is 0 Å². The summed E-state index contributed by atoms with van der Waals surface area (Å²) in [5, 5.41) is 13.2. The standard InChI is InChI=1S/C17H20FN3O3S/c1-17(2,10-14(4-3-9-19)25(20,22)23)15-11-24-16(21-15)12-5-7-13(18)8-6-12/h5-8,11,14H,3-4,10H2,1-2H3,(H2,20,22,23). The van der Waals surface area contributed by atoms with Crippen molar-refractivity contribution < 1.29 is 17.2 Å². The van der Waals surface area contributed by atoms with Crippen LogP contribution in [-0.4, -0.2) is 18.7 Å². The summed E-state index contributed by atoms with van der Waals surface area (Å²) in [6.45, 7) is 3.67. The fourth-order valence-electron chi connectivity index (χ4n) is 2.59. The van der Waals surface area contributed by atoms with Gasteiger partial charge < -0.3 is 4.42 Å². The summed E-state index contributed by atoms with van der Waals surface area (Å²) < 4.78 is 42.1. The Hall–Kier alpha value is -2.24. The van der Waals surface area contributed by atoms with E-state index in [1.54, 1.807) is 12.1 Å². The smallest absolute Gasteiger partial charge is 0.226 e. The van der Waals surface area contributed by atoms with E-state index in [0.29, 0.717) is 17.1 Å². The number of sulfonamides is 1. The first-order valence-corrected chi connectivity index (χ1v) is 9.35. The normalized spacial score (nSPS) is 13.4. The van der Waals surface area contributed by atoms with Crippen LogP contribution < -0.4 is 5.14 Å². The van der Waals surface area contributed by atoms with Crippen LogP contribution in [0, 0.1) is 17.1 Å². The summed E-state index contributed by atoms with van der Waals surface area (Å²) >= 11 is 0. The molecule has 1 heterocycles. The number of aromatic nitrogens is 1. The fraction of sp³-hybridized carbons (Fsp3) is 0.412. The van der Waals surface area contributed by atoms with Crippen LogP contribution in [0.15, 0.2) is 34.9 Å². The Morgan fingerprint density at radius 1 is 1.36 bits per heavy atom. The van der Waals surface area contributed by atoms with Gasteiger partial charge in [-0.15, -0.1) is 0 Å². The predicted molar refractivity (Wildman–Crippen MR) is 91.3 cm³/mol. The van der Waals surface area contributed by atoms with Gasteiger partial charge in [-0.25, -0.2) is 22.9 Å². The van der Waals surface area contributed by atoms with Gasteiger partial charge in [0.05, 0.1) is 17.0 Å². The molecule has 25 heavy (non-hydrogen) atoms. The zero-order valence-corrected chi connectivity index (χ0v) is 14.9. The summed E-state index contributed by atoms with van der Waals surface area (Å²) in [5.74, 6) is -0.0309. The molecule has 6 nitrogen and oxygen atoms in total. The Morgan fingerprint density at radius 2 is 2.00 bits per heavy atom. The molecule has 0 aliphatic rings. The Labute approximate surface area is 146 Å². The molecule has 2 aromatic rings. The molecule has 0 fully saturated rings. The van der Waals surface area contributed by atoms with Gasteiger partial charge in [-0.1, -0.05) is 13.8 Å². The lowest BCUT2D eigenvalue weighted by atomic mass is 9.84. The molecule has 1 unspecified atom stereocenters. The molecule has 0 aliphatic heterocycles. The van der Waals surface area contributed by atoms with Crippen molar-refractivity contribution in [3.8, 4) is 17.5 Å². The van der Waals surface area contributed by atoms with Crippen molar-refractivity contribution in [3.63, 3.8) is 0 Å². The molecule has 0 saturated carbocycles. The lowest BCUT2D eigenvalue weighted by Crippen LogP contribution is -2.35. The molecule has 1 aromatic heterocycles. The second-order valence-electron chi connectivity index (χ2n) is 6.54. The molecule has 134 valence electrons. The first-order valence-electron chi connectivity index (χ1n) is 7.74. The molecular formula is C17H20FN3O3S. The van der Waals surface area contributed by atoms with Crippen molar-refractivity contribution in [1.29, 1.82) is 5.26 Å². The number of benzene rings is 1. The minimum Gasteiger partial charge on any atom is -0.444 e. The second-order valence-corrected chi connectivity index (χ2v) is 8.39. The molecule has 0 bridgehead atoms. The summed E-state index contributed by atoms with van der Waals surface area (Å²) in [7, 11) is -3.78. The van der Waals surface area contributed by atoms with Crippen LogP contribution in [0.4, 0.5) is 4.39 Å². The highest BCUT2D eigenvalue weighted by atomic mass is 32.2. The zero-order chi connectivity index (χ0) is 18.7. The number of nitriles is 1. The molecule has 0 saturated heterocycles. The SMILES string of the molecule is CC(C)(CC(CCC#N)S(N)(=O)=O)c1coc(-c2ccc(F)cc2)n1. The molecular weight excluding hydrogens is 345 g/mol. The lowest BCUT2D eigenvalue weighted by molar-refractivity contribution is 0.433. The third-order valence-corrected chi connectivity index (χ3v) is 5.40. The van der Waals surface area contributed by atoms with E-state index >= 15 is 0 Å². The van der Waals surface area contributed by atoms with Crippen molar-refractivity contribution in [3.05, 3.63) is 42.0 Å². The highest BCUT2D eigenvalue weighted by Gasteiger charge is 2.33. The molecule has 2 rings (SSSR count). The minimum absolute atomic E-state index is 0.108. The first-order chi connectivity index (χ1) is 11.6. The first kappa shape index (κ1) is 19.1. The number of nitrogens with zero attached hydrogens (tertiary/aromatic N) is 2. The number of primary sulfonamides is 1. The molecule has 1 atom stereocenters. The molecule has 0 spiro atoms. The quantitative estimate of drug-likeness (QED) is 0.810. The van der Waals surface area contributed by atoms with Gasteiger partial charge in [0.2, 0.25) is 15.9 Å². The zero-order valence-electron chi connectivity index (χ0n) is 14.1. The number of nitrogens with two attached hydrogens (primary N) is 1. The van der Waals surface area contributed by atoms with Crippen LogP contribution in [-0.2, 0) is 15.4 Å². The molecule has 2 N–H and O–H groups in total. The summed E-state index contributed by atoms with van der Waals surface area (Å²) in [6, 6.07) is 7.67. The maximum atomic E-state index is 13.0. The van der Waals surface area contributed by atoms with Gasteiger partial charge in [0, 0.05) is 17.4 Å². The molecule has 0 radical (unpaired) electrons. The Morgan fingerprint density at radius 3 is 2.56 bits per heavy atom. The van der Waals surface area contributed by atoms with Crippen molar-refractivity contribution in [1.82, 2.24) is 4.98 Å². The van der Waals surface area contributed by atoms with Crippen molar-refractivity contribution >= 4 is 10.0 Å². The summed E-state index contributed by atoms with van der Waals surface area (Å²) in [6.07, 6.45) is 1.95. The van der Waals surface area contributed by atoms with Crippen LogP contribution in [0.25, 0.3) is 11.5 Å². The third kappa shape index (κ3) is 4.87. The Bertz CT molecular complexity index is 867. The highest BCUT2D eigenvalue weighted by molar-refractivity contribution is 7.89. The Balaban J connectivity index is 2.24. The highest BCUT2D eigenvalue weighted by Crippen LogP contribution is 2.32. The number of rotatable bonds is 7. The van der Waals surface area contributed by atoms with E-state index in [1.165, 1.54) is 18.4 Å². The van der Waals surface area contributed by atoms with E-state index in [-0.39, 0.29) is 25.1 Å². The van der Waals surface area contributed by atoms with E-state index in [4.69, 9.17) is 14.8 Å². The summed E-state index contributed by atoms with van der Waals surface area (Å²) in [5.41, 5.74) is 0.558. The van der Waals surface area contributed by atoms with Crippen LogP contribution in [0.2, 0.25) is 0 Å². The van der Waals surface area contributed by atoms with Gasteiger partial charge in [0.1, 0.15) is 12.1 Å². The number of hydrogen-bond acceptors (Lipinski definition) is 5. The molecule has 1 aromatic carbocycles. The van der Waals surface area contributed by atoms with Crippen LogP contribution in [0.5, 0.6) is 0 Å². The van der Waals surface area contributed by atoms with Gasteiger partial charge in [-0.2, -0.15) is 5.26 Å². The number of hydrogen-bond donors (Lipinski definition) is 1. The molecule has 0 aliphatic carbocycles. The van der Waals surface area contributed by atoms with Gasteiger partial charge in [-0.05, 0) is 37.1 Å². The largest absolute Gasteiger partial charge is 0.444 e. The van der Waals surface area contributed by atoms with Crippen molar-refractivity contribution in [2.45, 2.75) is 43.8 Å². The van der Waals surface area contributed by atoms with Gasteiger partial charge >= 0.3 is 0 Å². The minimum atomic E-state index is -3.78. The average molecular weight is 365 g/mol. The maximum Gasteiger partial charge on any atom is 0.226 e. The molecule has 8 heteroatoms. The van der Waals surface area contributed by atoms with Crippen molar-refractivity contribution in [2.24, 2.45) is 5.14 Å². The van der Waals surface area contributed by atoms with Crippen LogP contribution in [0.3, 0.4) is 0 Å². The predicted octanol–water partition coefficient (Wildman–Crippen LogP) is 3.11. The van der Waals surface area contributed by atoms with E-state index < -0.39 is 20.7 Å². The van der Waals surface area contributed by atoms with E-state index in [2.05, 4.69) is 4.98 Å².